The Balaban J connectivity index is 2.31. The van der Waals surface area contributed by atoms with Crippen molar-refractivity contribution in [3.63, 3.8) is 0 Å². The van der Waals surface area contributed by atoms with Gasteiger partial charge in [0.25, 0.3) is 0 Å². The number of carboxylic acid groups (broad SMARTS) is 1. The van der Waals surface area contributed by atoms with Crippen LogP contribution in [0.25, 0.3) is 0 Å². The molecule has 0 atom stereocenters. The Hall–Kier alpha value is -1.94. The van der Waals surface area contributed by atoms with Crippen molar-refractivity contribution >= 4 is 17.7 Å². The molecule has 0 unspecified atom stereocenters. The summed E-state index contributed by atoms with van der Waals surface area (Å²) in [4.78, 5) is 12.4. The van der Waals surface area contributed by atoms with Gasteiger partial charge in [-0.05, 0) is 24.6 Å². The van der Waals surface area contributed by atoms with Crippen LogP contribution in [-0.2, 0) is 11.2 Å². The maximum Gasteiger partial charge on any atom is 0.307 e. The summed E-state index contributed by atoms with van der Waals surface area (Å²) in [5, 5.41) is 18.9. The molecule has 0 aliphatic rings. The molecule has 3 nitrogen and oxygen atoms in total. The first-order valence-electron chi connectivity index (χ1n) is 5.84. The molecule has 0 heterocycles. The van der Waals surface area contributed by atoms with E-state index >= 15 is 0 Å². The van der Waals surface area contributed by atoms with Gasteiger partial charge in [-0.15, -0.1) is 0 Å². The number of aryl methyl sites for hydroxylation is 1. The van der Waals surface area contributed by atoms with E-state index in [0.717, 1.165) is 10.5 Å². The zero-order valence-corrected chi connectivity index (χ0v) is 11.3. The Morgan fingerprint density at radius 2 is 1.79 bits per heavy atom. The Bertz CT molecular complexity index is 608. The molecule has 0 saturated carbocycles. The van der Waals surface area contributed by atoms with Crippen molar-refractivity contribution in [3.8, 4) is 5.75 Å². The largest absolute Gasteiger partial charge is 0.506 e. The second kappa shape index (κ2) is 5.80. The summed E-state index contributed by atoms with van der Waals surface area (Å²) in [6, 6.07) is 13.1. The van der Waals surface area contributed by atoms with Gasteiger partial charge in [-0.1, -0.05) is 42.1 Å². The van der Waals surface area contributed by atoms with Crippen molar-refractivity contribution in [1.29, 1.82) is 0 Å². The Morgan fingerprint density at radius 1 is 1.11 bits per heavy atom. The summed E-state index contributed by atoms with van der Waals surface area (Å²) in [6.07, 6.45) is -0.173. The van der Waals surface area contributed by atoms with Crippen molar-refractivity contribution in [1.82, 2.24) is 0 Å². The summed E-state index contributed by atoms with van der Waals surface area (Å²) in [5.41, 5.74) is 1.56. The Labute approximate surface area is 115 Å². The molecule has 2 N–H and O–H groups in total. The summed E-state index contributed by atoms with van der Waals surface area (Å²) >= 11 is 1.44. The summed E-state index contributed by atoms with van der Waals surface area (Å²) in [6.45, 7) is 2.00. The lowest BCUT2D eigenvalue weighted by Gasteiger charge is -2.09. The van der Waals surface area contributed by atoms with Gasteiger partial charge >= 0.3 is 5.97 Å². The van der Waals surface area contributed by atoms with Crippen LogP contribution in [0.4, 0.5) is 0 Å². The smallest absolute Gasteiger partial charge is 0.307 e. The van der Waals surface area contributed by atoms with Crippen molar-refractivity contribution in [3.05, 3.63) is 53.6 Å². The van der Waals surface area contributed by atoms with Gasteiger partial charge in [0.15, 0.2) is 0 Å². The van der Waals surface area contributed by atoms with Crippen molar-refractivity contribution in [2.45, 2.75) is 23.1 Å². The average Bonchev–Trinajstić information content (AvgIpc) is 2.36. The number of phenolic OH excluding ortho intramolecular Hbond substituents is 1. The van der Waals surface area contributed by atoms with E-state index in [1.807, 2.05) is 31.2 Å². The van der Waals surface area contributed by atoms with Crippen LogP contribution in [0.1, 0.15) is 11.1 Å². The molecule has 0 saturated heterocycles. The van der Waals surface area contributed by atoms with E-state index in [1.54, 1.807) is 18.2 Å². The van der Waals surface area contributed by atoms with E-state index in [-0.39, 0.29) is 12.2 Å². The molecule has 0 fully saturated rings. The zero-order valence-electron chi connectivity index (χ0n) is 10.5. The van der Waals surface area contributed by atoms with Gasteiger partial charge in [-0.3, -0.25) is 4.79 Å². The molecular formula is C15H14O3S. The second-order valence-corrected chi connectivity index (χ2v) is 5.29. The third-order valence-electron chi connectivity index (χ3n) is 2.74. The normalized spacial score (nSPS) is 10.4. The van der Waals surface area contributed by atoms with Crippen molar-refractivity contribution in [2.24, 2.45) is 0 Å². The average molecular weight is 274 g/mol. The molecule has 0 amide bonds. The number of carbonyl (C=O) groups is 1. The van der Waals surface area contributed by atoms with Gasteiger partial charge in [0.05, 0.1) is 11.3 Å². The molecule has 4 heteroatoms. The molecule has 0 aliphatic carbocycles. The molecular weight excluding hydrogens is 260 g/mol. The number of benzene rings is 2. The number of para-hydroxylation sites is 1. The molecule has 2 rings (SSSR count). The molecule has 0 bridgehead atoms. The first-order chi connectivity index (χ1) is 9.08. The highest BCUT2D eigenvalue weighted by Crippen LogP contribution is 2.37. The fraction of sp³-hybridized carbons (Fsp3) is 0.133. The molecule has 0 aromatic heterocycles. The molecule has 0 spiro atoms. The topological polar surface area (TPSA) is 57.5 Å². The summed E-state index contributed by atoms with van der Waals surface area (Å²) in [7, 11) is 0. The minimum atomic E-state index is -0.951. The van der Waals surface area contributed by atoms with Gasteiger partial charge < -0.3 is 10.2 Å². The first-order valence-corrected chi connectivity index (χ1v) is 6.65. The third-order valence-corrected chi connectivity index (χ3v) is 3.97. The number of rotatable bonds is 4. The number of aliphatic carboxylic acids is 1. The van der Waals surface area contributed by atoms with Gasteiger partial charge in [-0.25, -0.2) is 0 Å². The Morgan fingerprint density at radius 3 is 2.47 bits per heavy atom. The lowest BCUT2D eigenvalue weighted by Crippen LogP contribution is -2.00. The van der Waals surface area contributed by atoms with E-state index in [2.05, 4.69) is 0 Å². The molecule has 2 aromatic rings. The number of hydrogen-bond acceptors (Lipinski definition) is 3. The van der Waals surface area contributed by atoms with Crippen molar-refractivity contribution < 1.29 is 15.0 Å². The summed E-state index contributed by atoms with van der Waals surface area (Å²) < 4.78 is 0. The maximum absolute atomic E-state index is 10.7. The highest BCUT2D eigenvalue weighted by molar-refractivity contribution is 7.99. The van der Waals surface area contributed by atoms with Crippen LogP contribution in [0.5, 0.6) is 5.75 Å². The fourth-order valence-electron chi connectivity index (χ4n) is 1.75. The van der Waals surface area contributed by atoms with Crippen LogP contribution in [0, 0.1) is 6.92 Å². The quantitative estimate of drug-likeness (QED) is 0.896. The molecule has 98 valence electrons. The van der Waals surface area contributed by atoms with Gasteiger partial charge in [0, 0.05) is 10.5 Å². The van der Waals surface area contributed by atoms with Crippen LogP contribution in [0.2, 0.25) is 0 Å². The standard InChI is InChI=1S/C15H14O3S/c1-10-5-2-3-7-12(10)19-13-8-4-6-11(15(13)18)9-14(16)17/h2-8,18H,9H2,1H3,(H,16,17). The zero-order chi connectivity index (χ0) is 13.8. The van der Waals surface area contributed by atoms with E-state index in [9.17, 15) is 9.90 Å². The molecule has 19 heavy (non-hydrogen) atoms. The highest BCUT2D eigenvalue weighted by Gasteiger charge is 2.11. The van der Waals surface area contributed by atoms with Crippen LogP contribution < -0.4 is 0 Å². The van der Waals surface area contributed by atoms with Crippen LogP contribution >= 0.6 is 11.8 Å². The van der Waals surface area contributed by atoms with E-state index < -0.39 is 5.97 Å². The van der Waals surface area contributed by atoms with Crippen LogP contribution in [0.3, 0.4) is 0 Å². The van der Waals surface area contributed by atoms with Crippen LogP contribution in [-0.4, -0.2) is 16.2 Å². The van der Waals surface area contributed by atoms with E-state index in [4.69, 9.17) is 5.11 Å². The van der Waals surface area contributed by atoms with Gasteiger partial charge in [0.1, 0.15) is 5.75 Å². The fourth-order valence-corrected chi connectivity index (χ4v) is 2.73. The number of aromatic hydroxyl groups is 1. The Kier molecular flexibility index (Phi) is 4.12. The minimum absolute atomic E-state index is 0.0538. The lowest BCUT2D eigenvalue weighted by molar-refractivity contribution is -0.136. The first kappa shape index (κ1) is 13.5. The summed E-state index contributed by atoms with van der Waals surface area (Å²) in [5.74, 6) is -0.897. The van der Waals surface area contributed by atoms with E-state index in [1.165, 1.54) is 11.8 Å². The van der Waals surface area contributed by atoms with Crippen molar-refractivity contribution in [2.75, 3.05) is 0 Å². The number of phenols is 1. The van der Waals surface area contributed by atoms with Gasteiger partial charge in [0.2, 0.25) is 0 Å². The molecule has 0 aliphatic heterocycles. The molecule has 0 radical (unpaired) electrons. The SMILES string of the molecule is Cc1ccccc1Sc1cccc(CC(=O)O)c1O. The maximum atomic E-state index is 10.7. The highest BCUT2D eigenvalue weighted by atomic mass is 32.2. The monoisotopic (exact) mass is 274 g/mol. The van der Waals surface area contributed by atoms with E-state index in [0.29, 0.717) is 10.5 Å². The minimum Gasteiger partial charge on any atom is -0.506 e. The molecule has 2 aromatic carbocycles. The second-order valence-electron chi connectivity index (χ2n) is 4.20. The number of hydrogen-bond donors (Lipinski definition) is 2. The third kappa shape index (κ3) is 3.29. The number of carboxylic acids is 1. The lowest BCUT2D eigenvalue weighted by atomic mass is 10.1. The predicted molar refractivity (Wildman–Crippen MR) is 74.7 cm³/mol. The van der Waals surface area contributed by atoms with Gasteiger partial charge in [-0.2, -0.15) is 0 Å². The van der Waals surface area contributed by atoms with Crippen LogP contribution in [0.15, 0.2) is 52.3 Å². The predicted octanol–water partition coefficient (Wildman–Crippen LogP) is 3.48.